The summed E-state index contributed by atoms with van der Waals surface area (Å²) in [4.78, 5) is 0. The van der Waals surface area contributed by atoms with E-state index >= 15 is 0 Å². The molecule has 1 heterocycles. The third-order valence-electron chi connectivity index (χ3n) is 2.28. The number of para-hydroxylation sites is 2. The normalized spacial score (nSPS) is 9.18. The molecule has 90 valence electrons. The Morgan fingerprint density at radius 2 is 1.06 bits per heavy atom. The highest BCUT2D eigenvalue weighted by atomic mass is 16.3. The van der Waals surface area contributed by atoms with E-state index in [2.05, 4.69) is 12.1 Å². The number of hydrogen-bond acceptors (Lipinski definition) is 2. The van der Waals surface area contributed by atoms with Gasteiger partial charge in [0.15, 0.2) is 0 Å². The van der Waals surface area contributed by atoms with Gasteiger partial charge in [0, 0.05) is 17.9 Å². The zero-order chi connectivity index (χ0) is 12.7. The molecule has 0 bridgehead atoms. The Morgan fingerprint density at radius 3 is 1.47 bits per heavy atom. The molecule has 0 radical (unpaired) electrons. The highest BCUT2D eigenvalue weighted by molar-refractivity contribution is 6.04. The highest BCUT2D eigenvalue weighted by Crippen LogP contribution is 2.27. The lowest BCUT2D eigenvalue weighted by Crippen LogP contribution is -1.62. The predicted octanol–water partition coefficient (Wildman–Crippen LogP) is 4.22. The lowest BCUT2D eigenvalue weighted by Gasteiger charge is -1.85. The van der Waals surface area contributed by atoms with Crippen LogP contribution in [0.3, 0.4) is 0 Å². The SMILES string of the molecule is CC.CO.c1ccc2c(c1)oc1ccccc12. The average Bonchev–Trinajstić information content (AvgIpc) is 2.82. The van der Waals surface area contributed by atoms with Crippen LogP contribution in [0.1, 0.15) is 13.8 Å². The topological polar surface area (TPSA) is 33.4 Å². The van der Waals surface area contributed by atoms with Crippen molar-refractivity contribution in [3.63, 3.8) is 0 Å². The Balaban J connectivity index is 0.000000330. The van der Waals surface area contributed by atoms with Crippen LogP contribution in [0, 0.1) is 0 Å². The molecule has 0 unspecified atom stereocenters. The van der Waals surface area contributed by atoms with Crippen LogP contribution in [0.25, 0.3) is 21.9 Å². The maximum Gasteiger partial charge on any atom is 0.135 e. The van der Waals surface area contributed by atoms with Crippen molar-refractivity contribution in [1.82, 2.24) is 0 Å². The molecule has 0 aliphatic rings. The summed E-state index contributed by atoms with van der Waals surface area (Å²) >= 11 is 0. The molecule has 0 aliphatic heterocycles. The fourth-order valence-corrected chi connectivity index (χ4v) is 1.67. The second kappa shape index (κ2) is 6.71. The van der Waals surface area contributed by atoms with E-state index in [1.807, 2.05) is 50.2 Å². The summed E-state index contributed by atoms with van der Waals surface area (Å²) in [5.41, 5.74) is 1.92. The Labute approximate surface area is 101 Å². The molecule has 0 aliphatic carbocycles. The van der Waals surface area contributed by atoms with Crippen LogP contribution in [0.4, 0.5) is 0 Å². The van der Waals surface area contributed by atoms with Crippen molar-refractivity contribution >= 4 is 21.9 Å². The number of aliphatic hydroxyl groups excluding tert-OH is 1. The van der Waals surface area contributed by atoms with E-state index in [0.717, 1.165) is 18.3 Å². The minimum absolute atomic E-state index is 0.962. The van der Waals surface area contributed by atoms with Crippen molar-refractivity contribution in [2.45, 2.75) is 13.8 Å². The van der Waals surface area contributed by atoms with Crippen LogP contribution in [-0.2, 0) is 0 Å². The first-order valence-corrected chi connectivity index (χ1v) is 5.76. The number of furan rings is 1. The van der Waals surface area contributed by atoms with Crippen LogP contribution in [0.15, 0.2) is 52.9 Å². The zero-order valence-electron chi connectivity index (χ0n) is 10.5. The van der Waals surface area contributed by atoms with Gasteiger partial charge >= 0.3 is 0 Å². The summed E-state index contributed by atoms with van der Waals surface area (Å²) in [6.07, 6.45) is 0. The van der Waals surface area contributed by atoms with Gasteiger partial charge < -0.3 is 9.52 Å². The molecule has 0 saturated heterocycles. The predicted molar refractivity (Wildman–Crippen MR) is 73.2 cm³/mol. The lowest BCUT2D eigenvalue weighted by atomic mass is 10.2. The van der Waals surface area contributed by atoms with Gasteiger partial charge in [-0.2, -0.15) is 0 Å². The van der Waals surface area contributed by atoms with Crippen LogP contribution in [-0.4, -0.2) is 12.2 Å². The Bertz CT molecular complexity index is 517. The maximum absolute atomic E-state index is 7.00. The first kappa shape index (κ1) is 13.3. The van der Waals surface area contributed by atoms with E-state index in [4.69, 9.17) is 9.52 Å². The van der Waals surface area contributed by atoms with Gasteiger partial charge in [0.2, 0.25) is 0 Å². The lowest BCUT2D eigenvalue weighted by molar-refractivity contribution is 0.399. The molecule has 17 heavy (non-hydrogen) atoms. The van der Waals surface area contributed by atoms with E-state index < -0.39 is 0 Å². The molecule has 0 saturated carbocycles. The standard InChI is InChI=1S/C12H8O.C2H6.CH4O/c1-3-7-11-9(5-1)10-6-2-4-8-12(10)13-11;2*1-2/h1-8H;1-2H3;2H,1H3. The summed E-state index contributed by atoms with van der Waals surface area (Å²) < 4.78 is 5.65. The largest absolute Gasteiger partial charge is 0.456 e. The smallest absolute Gasteiger partial charge is 0.135 e. The zero-order valence-corrected chi connectivity index (χ0v) is 10.5. The first-order chi connectivity index (χ1) is 8.45. The summed E-state index contributed by atoms with van der Waals surface area (Å²) in [7, 11) is 1.00. The molecule has 0 spiro atoms. The minimum Gasteiger partial charge on any atom is -0.456 e. The number of aliphatic hydroxyl groups is 1. The molecule has 0 atom stereocenters. The first-order valence-electron chi connectivity index (χ1n) is 5.76. The number of rotatable bonds is 0. The molecule has 1 aromatic heterocycles. The third-order valence-corrected chi connectivity index (χ3v) is 2.28. The molecule has 3 aromatic rings. The summed E-state index contributed by atoms with van der Waals surface area (Å²) in [5.74, 6) is 0. The van der Waals surface area contributed by atoms with Crippen molar-refractivity contribution in [2.24, 2.45) is 0 Å². The van der Waals surface area contributed by atoms with Crippen molar-refractivity contribution in [1.29, 1.82) is 0 Å². The molecular weight excluding hydrogens is 212 g/mol. The summed E-state index contributed by atoms with van der Waals surface area (Å²) in [5, 5.41) is 9.39. The van der Waals surface area contributed by atoms with Crippen LogP contribution >= 0.6 is 0 Å². The molecule has 2 nitrogen and oxygen atoms in total. The number of fused-ring (bicyclic) bond motifs is 3. The van der Waals surface area contributed by atoms with Crippen LogP contribution in [0.5, 0.6) is 0 Å². The van der Waals surface area contributed by atoms with Gasteiger partial charge in [-0.3, -0.25) is 0 Å². The van der Waals surface area contributed by atoms with Gasteiger partial charge in [0.05, 0.1) is 0 Å². The second-order valence-corrected chi connectivity index (χ2v) is 3.09. The van der Waals surface area contributed by atoms with Gasteiger partial charge in [0.1, 0.15) is 11.2 Å². The number of benzene rings is 2. The fourth-order valence-electron chi connectivity index (χ4n) is 1.67. The maximum atomic E-state index is 7.00. The quantitative estimate of drug-likeness (QED) is 0.627. The average molecular weight is 230 g/mol. The van der Waals surface area contributed by atoms with Crippen molar-refractivity contribution < 1.29 is 9.52 Å². The Hall–Kier alpha value is -1.80. The fraction of sp³-hybridized carbons (Fsp3) is 0.200. The van der Waals surface area contributed by atoms with E-state index in [1.165, 1.54) is 10.8 Å². The summed E-state index contributed by atoms with van der Waals surface area (Å²) in [6.45, 7) is 4.00. The third kappa shape index (κ3) is 2.66. The van der Waals surface area contributed by atoms with Crippen molar-refractivity contribution in [3.8, 4) is 0 Å². The molecule has 2 aromatic carbocycles. The summed E-state index contributed by atoms with van der Waals surface area (Å²) in [6, 6.07) is 16.2. The molecule has 0 fully saturated rings. The molecule has 2 heteroatoms. The van der Waals surface area contributed by atoms with Gasteiger partial charge in [-0.1, -0.05) is 50.2 Å². The van der Waals surface area contributed by atoms with Crippen molar-refractivity contribution in [2.75, 3.05) is 7.11 Å². The molecule has 3 rings (SSSR count). The molecular formula is C15H18O2. The minimum atomic E-state index is 0.962. The highest BCUT2D eigenvalue weighted by Gasteiger charge is 2.03. The van der Waals surface area contributed by atoms with Crippen LogP contribution < -0.4 is 0 Å². The van der Waals surface area contributed by atoms with Gasteiger partial charge in [-0.15, -0.1) is 0 Å². The Morgan fingerprint density at radius 1 is 0.706 bits per heavy atom. The monoisotopic (exact) mass is 230 g/mol. The van der Waals surface area contributed by atoms with E-state index in [9.17, 15) is 0 Å². The molecule has 1 N–H and O–H groups in total. The van der Waals surface area contributed by atoms with Gasteiger partial charge in [-0.05, 0) is 12.1 Å². The van der Waals surface area contributed by atoms with E-state index in [-0.39, 0.29) is 0 Å². The molecule has 0 amide bonds. The second-order valence-electron chi connectivity index (χ2n) is 3.09. The Kier molecular flexibility index (Phi) is 5.24. The van der Waals surface area contributed by atoms with Gasteiger partial charge in [-0.25, -0.2) is 0 Å². The van der Waals surface area contributed by atoms with Crippen molar-refractivity contribution in [3.05, 3.63) is 48.5 Å². The van der Waals surface area contributed by atoms with E-state index in [1.54, 1.807) is 0 Å². The number of hydrogen-bond donors (Lipinski definition) is 1. The van der Waals surface area contributed by atoms with Crippen LogP contribution in [0.2, 0.25) is 0 Å². The van der Waals surface area contributed by atoms with Gasteiger partial charge in [0.25, 0.3) is 0 Å². The van der Waals surface area contributed by atoms with E-state index in [0.29, 0.717) is 0 Å².